The Balaban J connectivity index is -0.000000180. The molecule has 0 unspecified atom stereocenters. The van der Waals surface area contributed by atoms with E-state index in [4.69, 9.17) is 0 Å². The average Bonchev–Trinajstić information content (AvgIpc) is 1.83. The van der Waals surface area contributed by atoms with Crippen LogP contribution in [0.4, 0.5) is 0 Å². The largest absolute Gasteiger partial charge is 2.00 e. The van der Waals surface area contributed by atoms with Crippen LogP contribution in [-0.2, 0) is 26.7 Å². The Morgan fingerprint density at radius 3 is 0.800 bits per heavy atom. The van der Waals surface area contributed by atoms with Gasteiger partial charge in [0.15, 0.2) is -1.13 Å². The van der Waals surface area contributed by atoms with E-state index in [1.54, 1.807) is 136 Å². The van der Waals surface area contributed by atoms with E-state index < -0.39 is 10.8 Å². The van der Waals surface area contributed by atoms with Crippen LogP contribution in [-0.4, -0.2) is 10.8 Å². The van der Waals surface area contributed by atoms with Crippen molar-refractivity contribution in [3.05, 3.63) is 0 Å². The van der Waals surface area contributed by atoms with E-state index in [9.17, 15) is 19.8 Å². The summed E-state index contributed by atoms with van der Waals surface area (Å²) in [7, 11) is 0. The van der Waals surface area contributed by atoms with Crippen LogP contribution in [0.5, 0.6) is 0 Å². The van der Waals surface area contributed by atoms with Crippen LogP contribution in [0.25, 0.3) is 0 Å². The van der Waals surface area contributed by atoms with Crippen molar-refractivity contribution in [3.63, 3.8) is 0 Å². The zero-order chi connectivity index (χ0) is 12.2. The minimum Gasteiger partial charge on any atom is -0.547 e. The molecule has 0 aliphatic rings. The molecule has 0 aliphatic carbocycles. The predicted molar refractivity (Wildman–Crippen MR) is 99.6 cm³/mol. The Morgan fingerprint density at radius 1 is 0.733 bits per heavy atom. The van der Waals surface area contributed by atoms with Gasteiger partial charge in [-0.2, -0.15) is 0 Å². The Hall–Kier alpha value is 3.84. The van der Waals surface area contributed by atoms with Gasteiger partial charge in [-0.15, -0.1) is 0 Å². The third-order valence-electron chi connectivity index (χ3n) is 0.463. The van der Waals surface area contributed by atoms with E-state index in [-0.39, 0.29) is 17.1 Å². The quantitative estimate of drug-likeness (QED) is 0.239. The SMILES string of the molecule is O=C([O-])C(I)(I)I.O=C([O-])C(I)(I)I.[Cu+2]. The summed E-state index contributed by atoms with van der Waals surface area (Å²) in [5, 5.41) is 19.8. The van der Waals surface area contributed by atoms with Crippen molar-refractivity contribution >= 4 is 147 Å². The van der Waals surface area contributed by atoms with Gasteiger partial charge in [0.25, 0.3) is 0 Å². The fourth-order valence-corrected chi connectivity index (χ4v) is 0. The summed E-state index contributed by atoms with van der Waals surface area (Å²) in [4.78, 5) is 19.8. The molecule has 0 aromatic rings. The van der Waals surface area contributed by atoms with Gasteiger partial charge in [-0.1, -0.05) is 0 Å². The number of carbonyl (C=O) groups excluding carboxylic acids is 2. The van der Waals surface area contributed by atoms with Crippen LogP contribution in [0.1, 0.15) is 0 Å². The fraction of sp³-hybridized carbons (Fsp3) is 0.500. The van der Waals surface area contributed by atoms with Gasteiger partial charge in [-0.25, -0.2) is 0 Å². The molecule has 4 nitrogen and oxygen atoms in total. The molecule has 0 spiro atoms. The molecule has 0 amide bonds. The smallest absolute Gasteiger partial charge is 0.547 e. The molecule has 0 atom stereocenters. The topological polar surface area (TPSA) is 80.3 Å². The van der Waals surface area contributed by atoms with E-state index in [0.717, 1.165) is 0 Å². The van der Waals surface area contributed by atoms with Crippen LogP contribution in [0.15, 0.2) is 0 Å². The Kier molecular flexibility index (Phi) is 16.9. The van der Waals surface area contributed by atoms with Crippen molar-refractivity contribution < 1.29 is 36.9 Å². The van der Waals surface area contributed by atoms with E-state index >= 15 is 0 Å². The molecule has 0 aromatic carbocycles. The molecular formula is C4CuI6O4. The minimum atomic E-state index is -1.05. The second-order valence-electron chi connectivity index (χ2n) is 1.57. The van der Waals surface area contributed by atoms with Gasteiger partial charge in [0.2, 0.25) is 0 Å². The molecule has 0 aliphatic heterocycles. The average molecular weight is 937 g/mol. The number of halogens is 6. The van der Waals surface area contributed by atoms with Crippen molar-refractivity contribution in [3.8, 4) is 0 Å². The predicted octanol–water partition coefficient (Wildman–Crippen LogP) is 1.39. The van der Waals surface area contributed by atoms with E-state index in [2.05, 4.69) is 0 Å². The Morgan fingerprint density at radius 2 is 0.800 bits per heavy atom. The standard InChI is InChI=1S/2C2HI3O2.Cu/c2*3-2(4,5)1(6)7;/h2*(H,6,7);/q;;+2/p-2. The van der Waals surface area contributed by atoms with Crippen LogP contribution in [0.2, 0.25) is 0 Å². The first-order valence-electron chi connectivity index (χ1n) is 2.45. The van der Waals surface area contributed by atoms with Gasteiger partial charge in [-0.3, -0.25) is 0 Å². The third kappa shape index (κ3) is 17.8. The number of carboxylic acid groups (broad SMARTS) is 2. The van der Waals surface area contributed by atoms with Gasteiger partial charge < -0.3 is 19.8 Å². The first kappa shape index (κ1) is 23.9. The normalized spacial score (nSPS) is 10.5. The van der Waals surface area contributed by atoms with Crippen LogP contribution >= 0.6 is 136 Å². The molecule has 0 heterocycles. The fourth-order valence-electron chi connectivity index (χ4n) is 0. The van der Waals surface area contributed by atoms with Crippen molar-refractivity contribution in [1.82, 2.24) is 0 Å². The Bertz CT molecular complexity index is 196. The van der Waals surface area contributed by atoms with Gasteiger partial charge in [0.1, 0.15) is 0 Å². The van der Waals surface area contributed by atoms with Crippen LogP contribution in [0, 0.1) is 0 Å². The van der Waals surface area contributed by atoms with Crippen molar-refractivity contribution in [2.45, 2.75) is -1.13 Å². The van der Waals surface area contributed by atoms with Crippen LogP contribution in [0.3, 0.4) is 0 Å². The summed E-state index contributed by atoms with van der Waals surface area (Å²) in [5.41, 5.74) is 0. The maximum absolute atomic E-state index is 9.89. The number of carbonyl (C=O) groups is 2. The summed E-state index contributed by atoms with van der Waals surface area (Å²) < 4.78 is -1.57. The molecule has 93 valence electrons. The van der Waals surface area contributed by atoms with Crippen LogP contribution < -0.4 is 10.2 Å². The van der Waals surface area contributed by atoms with Gasteiger partial charge in [0.05, 0.1) is 11.9 Å². The van der Waals surface area contributed by atoms with Crippen molar-refractivity contribution in [2.75, 3.05) is 0 Å². The molecule has 0 saturated heterocycles. The molecule has 0 rings (SSSR count). The van der Waals surface area contributed by atoms with Gasteiger partial charge in [-0.05, 0) is 136 Å². The number of aliphatic carboxylic acids is 2. The molecule has 0 fully saturated rings. The molecule has 11 heteroatoms. The molecule has 0 N–H and O–H groups in total. The number of hydrogen-bond acceptors (Lipinski definition) is 4. The summed E-state index contributed by atoms with van der Waals surface area (Å²) in [6, 6.07) is 0. The number of rotatable bonds is 2. The summed E-state index contributed by atoms with van der Waals surface area (Å²) >= 11 is 10.7. The third-order valence-corrected chi connectivity index (χ3v) is 3.11. The molecule has 0 bridgehead atoms. The minimum absolute atomic E-state index is 0. The number of alkyl halides is 6. The maximum Gasteiger partial charge on any atom is 2.00 e. The molecular weight excluding hydrogens is 937 g/mol. The summed E-state index contributed by atoms with van der Waals surface area (Å²) in [5.74, 6) is -2.09. The number of hydrogen-bond donors (Lipinski definition) is 0. The molecule has 15 heavy (non-hydrogen) atoms. The van der Waals surface area contributed by atoms with Gasteiger partial charge >= 0.3 is 17.1 Å². The van der Waals surface area contributed by atoms with Gasteiger partial charge in [0, 0.05) is 0 Å². The van der Waals surface area contributed by atoms with Crippen molar-refractivity contribution in [1.29, 1.82) is 0 Å². The zero-order valence-electron chi connectivity index (χ0n) is 6.20. The van der Waals surface area contributed by atoms with E-state index in [1.807, 2.05) is 0 Å². The molecule has 1 radical (unpaired) electrons. The van der Waals surface area contributed by atoms with E-state index in [0.29, 0.717) is 0 Å². The Labute approximate surface area is 179 Å². The number of carboxylic acids is 2. The monoisotopic (exact) mass is 936 g/mol. The first-order valence-corrected chi connectivity index (χ1v) is 8.92. The van der Waals surface area contributed by atoms with Crippen molar-refractivity contribution in [2.24, 2.45) is 0 Å². The summed E-state index contributed by atoms with van der Waals surface area (Å²) in [6.45, 7) is 0. The summed E-state index contributed by atoms with van der Waals surface area (Å²) in [6.07, 6.45) is 0. The first-order chi connectivity index (χ1) is 5.89. The second kappa shape index (κ2) is 10.6. The molecule has 0 saturated carbocycles. The zero-order valence-corrected chi connectivity index (χ0v) is 20.1. The second-order valence-corrected chi connectivity index (χ2v) is 23.7. The molecule has 0 aromatic heterocycles. The maximum atomic E-state index is 9.89. The van der Waals surface area contributed by atoms with E-state index in [1.165, 1.54) is 0 Å².